The van der Waals surface area contributed by atoms with E-state index in [9.17, 15) is 9.59 Å². The number of ether oxygens (including phenoxy) is 2. The van der Waals surface area contributed by atoms with E-state index in [0.717, 1.165) is 5.75 Å². The van der Waals surface area contributed by atoms with E-state index in [2.05, 4.69) is 9.47 Å². The lowest BCUT2D eigenvalue weighted by Gasteiger charge is -2.10. The van der Waals surface area contributed by atoms with Gasteiger partial charge in [-0.3, -0.25) is 9.59 Å². The van der Waals surface area contributed by atoms with Gasteiger partial charge in [0.15, 0.2) is 5.92 Å². The van der Waals surface area contributed by atoms with E-state index in [4.69, 9.17) is 0 Å². The van der Waals surface area contributed by atoms with E-state index in [-0.39, 0.29) is 0 Å². The van der Waals surface area contributed by atoms with Crippen molar-refractivity contribution in [3.8, 4) is 0 Å². The highest BCUT2D eigenvalue weighted by Gasteiger charge is 2.27. The molecule has 0 amide bonds. The van der Waals surface area contributed by atoms with Crippen LogP contribution in [0.1, 0.15) is 6.42 Å². The summed E-state index contributed by atoms with van der Waals surface area (Å²) in [6, 6.07) is 0. The summed E-state index contributed by atoms with van der Waals surface area (Å²) in [5.74, 6) is -1.10. The summed E-state index contributed by atoms with van der Waals surface area (Å²) >= 11 is 1.57. The minimum Gasteiger partial charge on any atom is -0.468 e. The average molecular weight is 206 g/mol. The highest BCUT2D eigenvalue weighted by Crippen LogP contribution is 2.11. The molecule has 0 saturated carbocycles. The summed E-state index contributed by atoms with van der Waals surface area (Å²) < 4.78 is 8.97. The lowest BCUT2D eigenvalue weighted by atomic mass is 10.1. The minimum absolute atomic E-state index is 0.459. The highest BCUT2D eigenvalue weighted by molar-refractivity contribution is 7.98. The fourth-order valence-electron chi connectivity index (χ4n) is 0.852. The monoisotopic (exact) mass is 206 g/mol. The fourth-order valence-corrected chi connectivity index (χ4v) is 1.32. The van der Waals surface area contributed by atoms with Crippen LogP contribution in [0.3, 0.4) is 0 Å². The second-order valence-electron chi connectivity index (χ2n) is 2.38. The molecule has 0 heterocycles. The minimum atomic E-state index is -0.776. The fraction of sp³-hybridized carbons (Fsp3) is 0.750. The predicted molar refractivity (Wildman–Crippen MR) is 50.5 cm³/mol. The zero-order valence-electron chi connectivity index (χ0n) is 8.03. The first-order chi connectivity index (χ1) is 6.17. The summed E-state index contributed by atoms with van der Waals surface area (Å²) in [6.45, 7) is 0. The van der Waals surface area contributed by atoms with Gasteiger partial charge in [-0.25, -0.2) is 0 Å². The molecule has 0 aliphatic rings. The van der Waals surface area contributed by atoms with Crippen LogP contribution in [-0.4, -0.2) is 38.2 Å². The van der Waals surface area contributed by atoms with Gasteiger partial charge in [0.05, 0.1) is 14.2 Å². The molecule has 0 fully saturated rings. The summed E-state index contributed by atoms with van der Waals surface area (Å²) in [7, 11) is 2.52. The molecule has 0 aliphatic heterocycles. The lowest BCUT2D eigenvalue weighted by molar-refractivity contribution is -0.158. The molecule has 0 saturated heterocycles. The molecule has 13 heavy (non-hydrogen) atoms. The van der Waals surface area contributed by atoms with Crippen LogP contribution in [0.4, 0.5) is 0 Å². The van der Waals surface area contributed by atoms with Gasteiger partial charge in [0.25, 0.3) is 0 Å². The summed E-state index contributed by atoms with van der Waals surface area (Å²) in [4.78, 5) is 22.2. The van der Waals surface area contributed by atoms with Gasteiger partial charge in [-0.05, 0) is 18.4 Å². The third-order valence-electron chi connectivity index (χ3n) is 1.58. The number of carbonyl (C=O) groups excluding carboxylic acids is 2. The van der Waals surface area contributed by atoms with Crippen LogP contribution in [0.2, 0.25) is 0 Å². The molecule has 0 spiro atoms. The smallest absolute Gasteiger partial charge is 0.320 e. The molecule has 5 heteroatoms. The quantitative estimate of drug-likeness (QED) is 0.489. The maximum absolute atomic E-state index is 11.1. The third-order valence-corrected chi connectivity index (χ3v) is 2.23. The Labute approximate surface area is 82.0 Å². The molecule has 76 valence electrons. The zero-order valence-corrected chi connectivity index (χ0v) is 8.85. The Kier molecular flexibility index (Phi) is 6.40. The summed E-state index contributed by atoms with van der Waals surface area (Å²) in [5.41, 5.74) is 0. The summed E-state index contributed by atoms with van der Waals surface area (Å²) in [5, 5.41) is 0. The van der Waals surface area contributed by atoms with Gasteiger partial charge >= 0.3 is 11.9 Å². The second-order valence-corrected chi connectivity index (χ2v) is 3.37. The van der Waals surface area contributed by atoms with Crippen LogP contribution in [-0.2, 0) is 19.1 Å². The van der Waals surface area contributed by atoms with E-state index in [1.54, 1.807) is 11.8 Å². The number of carbonyl (C=O) groups is 2. The third kappa shape index (κ3) is 4.17. The van der Waals surface area contributed by atoms with Crippen molar-refractivity contribution in [1.82, 2.24) is 0 Å². The molecule has 0 aliphatic carbocycles. The van der Waals surface area contributed by atoms with Gasteiger partial charge in [-0.1, -0.05) is 0 Å². The Morgan fingerprint density at radius 1 is 1.23 bits per heavy atom. The van der Waals surface area contributed by atoms with Crippen molar-refractivity contribution in [2.75, 3.05) is 26.2 Å². The number of methoxy groups -OCH3 is 2. The normalized spacial score (nSPS) is 9.85. The molecule has 4 nitrogen and oxygen atoms in total. The van der Waals surface area contributed by atoms with E-state index >= 15 is 0 Å². The van der Waals surface area contributed by atoms with Gasteiger partial charge in [0, 0.05) is 0 Å². The van der Waals surface area contributed by atoms with Crippen LogP contribution in [0, 0.1) is 5.92 Å². The van der Waals surface area contributed by atoms with Gasteiger partial charge in [-0.15, -0.1) is 0 Å². The Morgan fingerprint density at radius 2 is 1.69 bits per heavy atom. The van der Waals surface area contributed by atoms with Gasteiger partial charge in [0.1, 0.15) is 0 Å². The van der Waals surface area contributed by atoms with Gasteiger partial charge in [0.2, 0.25) is 0 Å². The number of thioether (sulfide) groups is 1. The van der Waals surface area contributed by atoms with E-state index in [1.165, 1.54) is 14.2 Å². The summed E-state index contributed by atoms with van der Waals surface area (Å²) in [6.07, 6.45) is 2.37. The average Bonchev–Trinajstić information content (AvgIpc) is 2.17. The van der Waals surface area contributed by atoms with Crippen LogP contribution < -0.4 is 0 Å². The zero-order chi connectivity index (χ0) is 10.3. The van der Waals surface area contributed by atoms with Crippen molar-refractivity contribution in [1.29, 1.82) is 0 Å². The largest absolute Gasteiger partial charge is 0.468 e. The van der Waals surface area contributed by atoms with Crippen molar-refractivity contribution in [3.63, 3.8) is 0 Å². The van der Waals surface area contributed by atoms with E-state index in [0.29, 0.717) is 6.42 Å². The van der Waals surface area contributed by atoms with E-state index < -0.39 is 17.9 Å². The molecule has 0 aromatic heterocycles. The molecular formula is C8H14O4S. The Balaban J connectivity index is 4.18. The van der Waals surface area contributed by atoms with Crippen molar-refractivity contribution in [3.05, 3.63) is 0 Å². The van der Waals surface area contributed by atoms with Crippen LogP contribution in [0.25, 0.3) is 0 Å². The molecule has 0 aromatic carbocycles. The first kappa shape index (κ1) is 12.3. The Bertz CT molecular complexity index is 165. The number of hydrogen-bond acceptors (Lipinski definition) is 5. The number of hydrogen-bond donors (Lipinski definition) is 0. The molecule has 0 aromatic rings. The molecular weight excluding hydrogens is 192 g/mol. The topological polar surface area (TPSA) is 52.6 Å². The highest BCUT2D eigenvalue weighted by atomic mass is 32.2. The SMILES string of the molecule is COC(=O)C(CCSC)C(=O)OC. The first-order valence-electron chi connectivity index (χ1n) is 3.82. The molecule has 0 N–H and O–H groups in total. The first-order valence-corrected chi connectivity index (χ1v) is 5.21. The standard InChI is InChI=1S/C8H14O4S/c1-11-7(9)6(4-5-13-3)8(10)12-2/h6H,4-5H2,1-3H3. The van der Waals surface area contributed by atoms with Crippen molar-refractivity contribution < 1.29 is 19.1 Å². The molecule has 0 rings (SSSR count). The van der Waals surface area contributed by atoms with Gasteiger partial charge < -0.3 is 9.47 Å². The van der Waals surface area contributed by atoms with Crippen LogP contribution >= 0.6 is 11.8 Å². The number of esters is 2. The second kappa shape index (κ2) is 6.77. The maximum Gasteiger partial charge on any atom is 0.320 e. The molecule has 0 unspecified atom stereocenters. The predicted octanol–water partition coefficient (Wildman–Crippen LogP) is 0.702. The maximum atomic E-state index is 11.1. The van der Waals surface area contributed by atoms with Crippen LogP contribution in [0.5, 0.6) is 0 Å². The molecule has 0 atom stereocenters. The lowest BCUT2D eigenvalue weighted by Crippen LogP contribution is -2.27. The Morgan fingerprint density at radius 3 is 2.00 bits per heavy atom. The van der Waals surface area contributed by atoms with E-state index in [1.807, 2.05) is 6.26 Å². The van der Waals surface area contributed by atoms with Crippen molar-refractivity contribution in [2.45, 2.75) is 6.42 Å². The van der Waals surface area contributed by atoms with Crippen LogP contribution in [0.15, 0.2) is 0 Å². The Hall–Kier alpha value is -0.710. The molecule has 0 bridgehead atoms. The van der Waals surface area contributed by atoms with Gasteiger partial charge in [-0.2, -0.15) is 11.8 Å². The van der Waals surface area contributed by atoms with Crippen molar-refractivity contribution >= 4 is 23.7 Å². The number of rotatable bonds is 5. The van der Waals surface area contributed by atoms with Crippen molar-refractivity contribution in [2.24, 2.45) is 5.92 Å². The molecule has 0 radical (unpaired) electrons.